The number of rotatable bonds is 4. The van der Waals surface area contributed by atoms with E-state index >= 15 is 0 Å². The van der Waals surface area contributed by atoms with Gasteiger partial charge in [0, 0.05) is 24.3 Å². The van der Waals surface area contributed by atoms with Crippen LogP contribution in [-0.4, -0.2) is 35.8 Å². The molecule has 3 rings (SSSR count). The summed E-state index contributed by atoms with van der Waals surface area (Å²) in [4.78, 5) is 37.8. The average molecular weight is 366 g/mol. The molecule has 2 aromatic rings. The van der Waals surface area contributed by atoms with Gasteiger partial charge in [0.05, 0.1) is 5.92 Å². The van der Waals surface area contributed by atoms with Gasteiger partial charge < -0.3 is 15.0 Å². The van der Waals surface area contributed by atoms with Crippen molar-refractivity contribution in [2.75, 3.05) is 18.4 Å². The van der Waals surface area contributed by atoms with E-state index in [4.69, 9.17) is 4.74 Å². The van der Waals surface area contributed by atoms with Crippen molar-refractivity contribution in [3.8, 4) is 5.75 Å². The van der Waals surface area contributed by atoms with E-state index in [0.717, 1.165) is 12.1 Å². The largest absolute Gasteiger partial charge is 0.426 e. The number of esters is 1. The van der Waals surface area contributed by atoms with Crippen LogP contribution < -0.4 is 10.1 Å². The van der Waals surface area contributed by atoms with E-state index in [9.17, 15) is 14.4 Å². The predicted octanol–water partition coefficient (Wildman–Crippen LogP) is 3.74. The van der Waals surface area contributed by atoms with E-state index in [1.165, 1.54) is 6.92 Å². The fourth-order valence-electron chi connectivity index (χ4n) is 3.04. The van der Waals surface area contributed by atoms with Crippen LogP contribution in [0.4, 0.5) is 10.5 Å². The zero-order valence-electron chi connectivity index (χ0n) is 15.2. The Bertz CT molecular complexity index is 818. The Morgan fingerprint density at radius 3 is 2.41 bits per heavy atom. The van der Waals surface area contributed by atoms with Gasteiger partial charge >= 0.3 is 12.0 Å². The van der Waals surface area contributed by atoms with Gasteiger partial charge in [0.1, 0.15) is 5.75 Å². The van der Waals surface area contributed by atoms with E-state index in [2.05, 4.69) is 5.32 Å². The summed E-state index contributed by atoms with van der Waals surface area (Å²) in [6.07, 6.45) is 1.42. The highest BCUT2D eigenvalue weighted by molar-refractivity contribution is 5.94. The lowest BCUT2D eigenvalue weighted by Gasteiger charge is -2.31. The van der Waals surface area contributed by atoms with Crippen LogP contribution in [-0.2, 0) is 4.79 Å². The van der Waals surface area contributed by atoms with E-state index in [1.807, 2.05) is 30.3 Å². The minimum absolute atomic E-state index is 0.0415. The highest BCUT2D eigenvalue weighted by Gasteiger charge is 2.30. The van der Waals surface area contributed by atoms with Crippen LogP contribution in [0.25, 0.3) is 0 Å². The Hall–Kier alpha value is -3.15. The molecule has 0 aromatic heterocycles. The molecule has 0 spiro atoms. The Labute approximate surface area is 158 Å². The topological polar surface area (TPSA) is 75.7 Å². The predicted molar refractivity (Wildman–Crippen MR) is 102 cm³/mol. The van der Waals surface area contributed by atoms with Gasteiger partial charge in [0.15, 0.2) is 5.78 Å². The van der Waals surface area contributed by atoms with Crippen LogP contribution in [0.2, 0.25) is 0 Å². The fraction of sp³-hybridized carbons (Fsp3) is 0.286. The number of nitrogens with one attached hydrogen (secondary N) is 1. The normalized spacial score (nSPS) is 16.5. The van der Waals surface area contributed by atoms with Gasteiger partial charge in [-0.3, -0.25) is 9.59 Å². The van der Waals surface area contributed by atoms with Crippen molar-refractivity contribution in [2.24, 2.45) is 5.92 Å². The van der Waals surface area contributed by atoms with Crippen molar-refractivity contribution < 1.29 is 19.1 Å². The second-order valence-corrected chi connectivity index (χ2v) is 6.58. The van der Waals surface area contributed by atoms with E-state index in [-0.39, 0.29) is 23.7 Å². The van der Waals surface area contributed by atoms with E-state index in [1.54, 1.807) is 29.2 Å². The number of amides is 2. The van der Waals surface area contributed by atoms with Crippen LogP contribution in [0.15, 0.2) is 54.6 Å². The van der Waals surface area contributed by atoms with Crippen molar-refractivity contribution in [3.05, 3.63) is 60.2 Å². The molecule has 1 N–H and O–H groups in total. The van der Waals surface area contributed by atoms with Crippen LogP contribution in [0.5, 0.6) is 5.75 Å². The number of ether oxygens (including phenoxy) is 1. The standard InChI is InChI=1S/C21H22N2O4/c1-15(24)16-9-11-19(12-10-16)27-20(25)17-6-5-13-23(14-17)21(26)22-18-7-3-2-4-8-18/h2-4,7-12,17H,5-6,13-14H2,1H3,(H,22,26)/t17-/m1/s1. The third kappa shape index (κ3) is 4.94. The minimum atomic E-state index is -0.368. The van der Waals surface area contributed by atoms with Crippen molar-refractivity contribution in [2.45, 2.75) is 19.8 Å². The second kappa shape index (κ2) is 8.49. The highest BCUT2D eigenvalue weighted by atomic mass is 16.5. The quantitative estimate of drug-likeness (QED) is 0.508. The maximum Gasteiger partial charge on any atom is 0.321 e. The van der Waals surface area contributed by atoms with Gasteiger partial charge in [-0.15, -0.1) is 0 Å². The highest BCUT2D eigenvalue weighted by Crippen LogP contribution is 2.21. The molecule has 6 heteroatoms. The van der Waals surface area contributed by atoms with Gasteiger partial charge in [0.2, 0.25) is 0 Å². The number of para-hydroxylation sites is 1. The maximum absolute atomic E-state index is 12.5. The smallest absolute Gasteiger partial charge is 0.321 e. The SMILES string of the molecule is CC(=O)c1ccc(OC(=O)[C@@H]2CCCN(C(=O)Nc3ccccc3)C2)cc1. The van der Waals surface area contributed by atoms with Crippen LogP contribution in [0, 0.1) is 5.92 Å². The van der Waals surface area contributed by atoms with Gasteiger partial charge in [-0.2, -0.15) is 0 Å². The minimum Gasteiger partial charge on any atom is -0.426 e. The first-order valence-corrected chi connectivity index (χ1v) is 8.96. The molecule has 0 saturated carbocycles. The summed E-state index contributed by atoms with van der Waals surface area (Å²) in [5.74, 6) is -0.369. The molecule has 0 radical (unpaired) electrons. The Morgan fingerprint density at radius 1 is 1.04 bits per heavy atom. The summed E-state index contributed by atoms with van der Waals surface area (Å²) in [5, 5.41) is 2.84. The summed E-state index contributed by atoms with van der Waals surface area (Å²) < 4.78 is 5.43. The lowest BCUT2D eigenvalue weighted by atomic mass is 9.98. The molecule has 0 aliphatic carbocycles. The first kappa shape index (κ1) is 18.6. The van der Waals surface area contributed by atoms with E-state index in [0.29, 0.717) is 30.8 Å². The zero-order valence-corrected chi connectivity index (χ0v) is 15.2. The summed E-state index contributed by atoms with van der Waals surface area (Å²) in [7, 11) is 0. The fourth-order valence-corrected chi connectivity index (χ4v) is 3.04. The number of carbonyl (C=O) groups is 3. The number of carbonyl (C=O) groups excluding carboxylic acids is 3. The first-order valence-electron chi connectivity index (χ1n) is 8.96. The number of ketones is 1. The van der Waals surface area contributed by atoms with Crippen LogP contribution in [0.1, 0.15) is 30.1 Å². The van der Waals surface area contributed by atoms with Gasteiger partial charge in [0.25, 0.3) is 0 Å². The summed E-state index contributed by atoms with van der Waals surface area (Å²) >= 11 is 0. The molecule has 140 valence electrons. The molecule has 1 atom stereocenters. The Morgan fingerprint density at radius 2 is 1.74 bits per heavy atom. The lowest BCUT2D eigenvalue weighted by Crippen LogP contribution is -2.45. The molecular weight excluding hydrogens is 344 g/mol. The van der Waals surface area contributed by atoms with Crippen LogP contribution in [0.3, 0.4) is 0 Å². The van der Waals surface area contributed by atoms with Crippen molar-refractivity contribution in [1.29, 1.82) is 0 Å². The van der Waals surface area contributed by atoms with Crippen LogP contribution >= 0.6 is 0 Å². The Kier molecular flexibility index (Phi) is 5.86. The second-order valence-electron chi connectivity index (χ2n) is 6.58. The summed E-state index contributed by atoms with van der Waals surface area (Å²) in [5.41, 5.74) is 1.29. The summed E-state index contributed by atoms with van der Waals surface area (Å²) in [6.45, 7) is 2.41. The molecular formula is C21H22N2O4. The Balaban J connectivity index is 1.57. The number of Topliss-reactive ketones (excluding diaryl/α,β-unsaturated/α-hetero) is 1. The van der Waals surface area contributed by atoms with E-state index < -0.39 is 0 Å². The van der Waals surface area contributed by atoms with Crippen molar-refractivity contribution >= 4 is 23.5 Å². The molecule has 2 amide bonds. The van der Waals surface area contributed by atoms with Gasteiger partial charge in [-0.1, -0.05) is 18.2 Å². The number of hydrogen-bond donors (Lipinski definition) is 1. The lowest BCUT2D eigenvalue weighted by molar-refractivity contribution is -0.140. The van der Waals surface area contributed by atoms with Gasteiger partial charge in [-0.05, 0) is 56.2 Å². The zero-order chi connectivity index (χ0) is 19.2. The number of anilines is 1. The maximum atomic E-state index is 12.5. The first-order chi connectivity index (χ1) is 13.0. The molecule has 0 bridgehead atoms. The molecule has 1 saturated heterocycles. The third-order valence-electron chi connectivity index (χ3n) is 4.55. The number of nitrogens with zero attached hydrogens (tertiary/aromatic N) is 1. The molecule has 1 heterocycles. The molecule has 27 heavy (non-hydrogen) atoms. The number of hydrogen-bond acceptors (Lipinski definition) is 4. The number of piperidine rings is 1. The monoisotopic (exact) mass is 366 g/mol. The molecule has 2 aromatic carbocycles. The van der Waals surface area contributed by atoms with Crippen molar-refractivity contribution in [1.82, 2.24) is 4.90 Å². The molecule has 6 nitrogen and oxygen atoms in total. The number of benzene rings is 2. The van der Waals surface area contributed by atoms with Crippen molar-refractivity contribution in [3.63, 3.8) is 0 Å². The molecule has 1 aliphatic heterocycles. The molecule has 0 unspecified atom stereocenters. The average Bonchev–Trinajstić information content (AvgIpc) is 2.69. The molecule has 1 fully saturated rings. The van der Waals surface area contributed by atoms with Gasteiger partial charge in [-0.25, -0.2) is 4.79 Å². The third-order valence-corrected chi connectivity index (χ3v) is 4.55. The molecule has 1 aliphatic rings. The number of urea groups is 1. The number of likely N-dealkylation sites (tertiary alicyclic amines) is 1. The summed E-state index contributed by atoms with van der Waals surface area (Å²) in [6, 6.07) is 15.5.